The molecule has 0 radical (unpaired) electrons. The number of anilines is 1. The van der Waals surface area contributed by atoms with Crippen LogP contribution in [0.3, 0.4) is 0 Å². The molecule has 0 aromatic heterocycles. The van der Waals surface area contributed by atoms with Gasteiger partial charge in [-0.05, 0) is 59.8 Å². The first kappa shape index (κ1) is 14.8. The van der Waals surface area contributed by atoms with Crippen molar-refractivity contribution in [1.29, 1.82) is 0 Å². The Balaban J connectivity index is 2.23. The molecule has 2 aromatic rings. The number of rotatable bonds is 4. The number of halogens is 2. The van der Waals surface area contributed by atoms with Crippen LogP contribution in [0.25, 0.3) is 0 Å². The molecule has 2 rings (SSSR count). The molecule has 0 saturated heterocycles. The Labute approximate surface area is 130 Å². The van der Waals surface area contributed by atoms with Gasteiger partial charge in [-0.15, -0.1) is 0 Å². The maximum absolute atomic E-state index is 13.0. The predicted octanol–water partition coefficient (Wildman–Crippen LogP) is 4.08. The smallest absolute Gasteiger partial charge is 0.256 e. The van der Waals surface area contributed by atoms with E-state index < -0.39 is 0 Å². The summed E-state index contributed by atoms with van der Waals surface area (Å²) in [4.78, 5) is 12.2. The normalized spacial score (nSPS) is 10.2. The largest absolute Gasteiger partial charge is 0.492 e. The van der Waals surface area contributed by atoms with Gasteiger partial charge in [-0.3, -0.25) is 4.79 Å². The molecular formula is C15H13FINO2. The monoisotopic (exact) mass is 385 g/mol. The molecule has 1 amide bonds. The molecule has 1 N–H and O–H groups in total. The molecule has 0 aliphatic carbocycles. The summed E-state index contributed by atoms with van der Waals surface area (Å²) in [6.07, 6.45) is 0. The molecule has 0 bridgehead atoms. The van der Waals surface area contributed by atoms with Crippen LogP contribution < -0.4 is 10.1 Å². The summed E-state index contributed by atoms with van der Waals surface area (Å²) in [5, 5.41) is 2.78. The van der Waals surface area contributed by atoms with Gasteiger partial charge in [-0.25, -0.2) is 4.39 Å². The van der Waals surface area contributed by atoms with Gasteiger partial charge in [0.15, 0.2) is 0 Å². The van der Waals surface area contributed by atoms with Gasteiger partial charge in [-0.1, -0.05) is 12.1 Å². The van der Waals surface area contributed by atoms with Crippen LogP contribution in [-0.4, -0.2) is 12.5 Å². The summed E-state index contributed by atoms with van der Waals surface area (Å²) in [6, 6.07) is 11.3. The summed E-state index contributed by atoms with van der Waals surface area (Å²) in [5.74, 6) is -0.0392. The van der Waals surface area contributed by atoms with Gasteiger partial charge < -0.3 is 10.1 Å². The lowest BCUT2D eigenvalue weighted by Gasteiger charge is -2.11. The number of hydrogen-bond donors (Lipinski definition) is 1. The molecule has 3 nitrogen and oxygen atoms in total. The fourth-order valence-corrected chi connectivity index (χ4v) is 2.44. The zero-order valence-corrected chi connectivity index (χ0v) is 13.0. The molecule has 0 unspecified atom stereocenters. The molecule has 2 aromatic carbocycles. The SMILES string of the molecule is CCOc1ccccc1NC(=O)c1ccc(F)cc1I. The van der Waals surface area contributed by atoms with Gasteiger partial charge in [0.05, 0.1) is 17.9 Å². The van der Waals surface area contributed by atoms with Crippen LogP contribution >= 0.6 is 22.6 Å². The van der Waals surface area contributed by atoms with Crippen LogP contribution in [0.5, 0.6) is 5.75 Å². The van der Waals surface area contributed by atoms with E-state index in [1.807, 2.05) is 41.6 Å². The van der Waals surface area contributed by atoms with Crippen molar-refractivity contribution in [3.05, 3.63) is 57.4 Å². The summed E-state index contributed by atoms with van der Waals surface area (Å²) in [5.41, 5.74) is 1.03. The minimum atomic E-state index is -0.360. The number of carbonyl (C=O) groups is 1. The summed E-state index contributed by atoms with van der Waals surface area (Å²) >= 11 is 1.94. The Morgan fingerprint density at radius 3 is 2.75 bits per heavy atom. The average Bonchev–Trinajstić information content (AvgIpc) is 2.41. The summed E-state index contributed by atoms with van der Waals surface area (Å²) in [7, 11) is 0. The Morgan fingerprint density at radius 2 is 2.05 bits per heavy atom. The minimum absolute atomic E-state index is 0.290. The molecule has 0 aliphatic rings. The topological polar surface area (TPSA) is 38.3 Å². The van der Waals surface area contributed by atoms with Gasteiger partial charge in [0.2, 0.25) is 0 Å². The summed E-state index contributed by atoms with van der Waals surface area (Å²) in [6.45, 7) is 2.39. The number of amides is 1. The van der Waals surface area contributed by atoms with Gasteiger partial charge in [0.25, 0.3) is 5.91 Å². The maximum atomic E-state index is 13.0. The third-order valence-electron chi connectivity index (χ3n) is 2.61. The molecule has 5 heteroatoms. The second-order valence-corrected chi connectivity index (χ2v) is 5.17. The van der Waals surface area contributed by atoms with Crippen molar-refractivity contribution in [3.8, 4) is 5.75 Å². The number of para-hydroxylation sites is 2. The minimum Gasteiger partial charge on any atom is -0.492 e. The molecule has 0 fully saturated rings. The van der Waals surface area contributed by atoms with E-state index in [9.17, 15) is 9.18 Å². The number of nitrogens with one attached hydrogen (secondary N) is 1. The van der Waals surface area contributed by atoms with Gasteiger partial charge in [0.1, 0.15) is 11.6 Å². The van der Waals surface area contributed by atoms with Crippen molar-refractivity contribution < 1.29 is 13.9 Å². The van der Waals surface area contributed by atoms with Crippen LogP contribution in [0.1, 0.15) is 17.3 Å². The Bertz CT molecular complexity index is 631. The lowest BCUT2D eigenvalue weighted by atomic mass is 10.2. The second kappa shape index (κ2) is 6.69. The van der Waals surface area contributed by atoms with E-state index in [-0.39, 0.29) is 11.7 Å². The highest BCUT2D eigenvalue weighted by Crippen LogP contribution is 2.25. The predicted molar refractivity (Wildman–Crippen MR) is 84.7 cm³/mol. The number of carbonyl (C=O) groups excluding carboxylic acids is 1. The van der Waals surface area contributed by atoms with Crippen molar-refractivity contribution in [2.24, 2.45) is 0 Å². The van der Waals surface area contributed by atoms with E-state index in [0.29, 0.717) is 27.2 Å². The van der Waals surface area contributed by atoms with Crippen LogP contribution in [0.2, 0.25) is 0 Å². The lowest BCUT2D eigenvalue weighted by Crippen LogP contribution is -2.14. The standard InChI is InChI=1S/C15H13FINO2/c1-2-20-14-6-4-3-5-13(14)18-15(19)11-8-7-10(16)9-12(11)17/h3-9H,2H2,1H3,(H,18,19). The number of benzene rings is 2. The van der Waals surface area contributed by atoms with Crippen LogP contribution in [-0.2, 0) is 0 Å². The van der Waals surface area contributed by atoms with E-state index >= 15 is 0 Å². The highest BCUT2D eigenvalue weighted by atomic mass is 127. The fourth-order valence-electron chi connectivity index (χ4n) is 1.71. The first-order valence-electron chi connectivity index (χ1n) is 6.10. The third-order valence-corrected chi connectivity index (χ3v) is 3.50. The van der Waals surface area contributed by atoms with Crippen molar-refractivity contribution in [1.82, 2.24) is 0 Å². The van der Waals surface area contributed by atoms with Crippen molar-refractivity contribution in [2.45, 2.75) is 6.92 Å². The Hall–Kier alpha value is -1.63. The van der Waals surface area contributed by atoms with Crippen molar-refractivity contribution in [3.63, 3.8) is 0 Å². The molecule has 0 atom stereocenters. The van der Waals surface area contributed by atoms with Gasteiger partial charge >= 0.3 is 0 Å². The highest BCUT2D eigenvalue weighted by Gasteiger charge is 2.13. The number of ether oxygens (including phenoxy) is 1. The van der Waals surface area contributed by atoms with E-state index in [4.69, 9.17) is 4.74 Å². The van der Waals surface area contributed by atoms with E-state index in [0.717, 1.165) is 0 Å². The zero-order chi connectivity index (χ0) is 14.5. The van der Waals surface area contributed by atoms with E-state index in [1.165, 1.54) is 18.2 Å². The molecular weight excluding hydrogens is 372 g/mol. The van der Waals surface area contributed by atoms with E-state index in [1.54, 1.807) is 12.1 Å². The molecule has 0 saturated carbocycles. The first-order valence-corrected chi connectivity index (χ1v) is 7.18. The molecule has 0 aliphatic heterocycles. The highest BCUT2D eigenvalue weighted by molar-refractivity contribution is 14.1. The molecule has 20 heavy (non-hydrogen) atoms. The van der Waals surface area contributed by atoms with Gasteiger partial charge in [0, 0.05) is 3.57 Å². The Morgan fingerprint density at radius 1 is 1.30 bits per heavy atom. The average molecular weight is 385 g/mol. The first-order chi connectivity index (χ1) is 9.61. The van der Waals surface area contributed by atoms with Crippen molar-refractivity contribution >= 4 is 34.2 Å². The fraction of sp³-hybridized carbons (Fsp3) is 0.133. The molecule has 0 spiro atoms. The van der Waals surface area contributed by atoms with Crippen molar-refractivity contribution in [2.75, 3.05) is 11.9 Å². The molecule has 104 valence electrons. The zero-order valence-electron chi connectivity index (χ0n) is 10.8. The summed E-state index contributed by atoms with van der Waals surface area (Å²) < 4.78 is 19.1. The number of hydrogen-bond acceptors (Lipinski definition) is 2. The maximum Gasteiger partial charge on any atom is 0.256 e. The third kappa shape index (κ3) is 3.47. The molecule has 0 heterocycles. The van der Waals surface area contributed by atoms with Crippen LogP contribution in [0, 0.1) is 9.39 Å². The lowest BCUT2D eigenvalue weighted by molar-refractivity contribution is 0.102. The second-order valence-electron chi connectivity index (χ2n) is 4.01. The van der Waals surface area contributed by atoms with E-state index in [2.05, 4.69) is 5.32 Å². The van der Waals surface area contributed by atoms with Crippen LogP contribution in [0.4, 0.5) is 10.1 Å². The van der Waals surface area contributed by atoms with Crippen LogP contribution in [0.15, 0.2) is 42.5 Å². The Kier molecular flexibility index (Phi) is 4.94. The van der Waals surface area contributed by atoms with Gasteiger partial charge in [-0.2, -0.15) is 0 Å². The quantitative estimate of drug-likeness (QED) is 0.806.